The minimum Gasteiger partial charge on any atom is -0.324 e. The van der Waals surface area contributed by atoms with Gasteiger partial charge in [0.1, 0.15) is 0 Å². The number of rotatable bonds is 3. The maximum Gasteiger partial charge on any atom is 0.241 e. The molecule has 1 heterocycles. The van der Waals surface area contributed by atoms with Gasteiger partial charge in [0.15, 0.2) is 9.84 Å². The van der Waals surface area contributed by atoms with Crippen molar-refractivity contribution >= 4 is 21.4 Å². The normalized spacial score (nSPS) is 22.8. The number of nitrogens with one attached hydrogen (secondary N) is 2. The molecule has 1 saturated heterocycles. The van der Waals surface area contributed by atoms with Crippen molar-refractivity contribution in [3.63, 3.8) is 0 Å². The predicted molar refractivity (Wildman–Crippen MR) is 78.5 cm³/mol. The number of amides is 1. The molecule has 6 heteroatoms. The highest BCUT2D eigenvalue weighted by Crippen LogP contribution is 2.22. The molecule has 0 radical (unpaired) electrons. The minimum atomic E-state index is -3.27. The fraction of sp³-hybridized carbons (Fsp3) is 0.500. The Hall–Kier alpha value is -1.40. The fourth-order valence-corrected chi connectivity index (χ4v) is 3.01. The highest BCUT2D eigenvalue weighted by molar-refractivity contribution is 7.90. The van der Waals surface area contributed by atoms with Crippen molar-refractivity contribution in [1.82, 2.24) is 5.32 Å². The average molecular weight is 296 g/mol. The van der Waals surface area contributed by atoms with Crippen molar-refractivity contribution in [2.24, 2.45) is 5.92 Å². The lowest BCUT2D eigenvalue weighted by molar-refractivity contribution is -0.118. The topological polar surface area (TPSA) is 75.3 Å². The number of hydrogen-bond donors (Lipinski definition) is 2. The van der Waals surface area contributed by atoms with Crippen LogP contribution in [0.3, 0.4) is 0 Å². The molecule has 0 spiro atoms. The van der Waals surface area contributed by atoms with Crippen LogP contribution in [-0.4, -0.2) is 33.2 Å². The van der Waals surface area contributed by atoms with Gasteiger partial charge in [0.25, 0.3) is 0 Å². The number of carbonyl (C=O) groups is 1. The molecule has 1 aromatic carbocycles. The van der Waals surface area contributed by atoms with Crippen LogP contribution in [0.1, 0.15) is 18.9 Å². The zero-order valence-electron chi connectivity index (χ0n) is 11.9. The van der Waals surface area contributed by atoms with E-state index in [0.717, 1.165) is 24.8 Å². The summed E-state index contributed by atoms with van der Waals surface area (Å²) in [5, 5.41) is 5.99. The molecular weight excluding hydrogens is 276 g/mol. The van der Waals surface area contributed by atoms with Crippen molar-refractivity contribution in [2.45, 2.75) is 31.2 Å². The number of hydrogen-bond acceptors (Lipinski definition) is 4. The standard InChI is InChI=1S/C14H20N2O3S/c1-9-4-5-11(20(3,18)19)8-12(9)16-14(17)13-10(2)6-7-15-13/h4-5,8,10,13,15H,6-7H2,1-3H3,(H,16,17). The van der Waals surface area contributed by atoms with Crippen molar-refractivity contribution < 1.29 is 13.2 Å². The maximum absolute atomic E-state index is 12.2. The highest BCUT2D eigenvalue weighted by atomic mass is 32.2. The Balaban J connectivity index is 2.22. The molecule has 1 aliphatic rings. The molecule has 0 saturated carbocycles. The number of aryl methyl sites for hydroxylation is 1. The van der Waals surface area contributed by atoms with E-state index in [1.165, 1.54) is 6.07 Å². The van der Waals surface area contributed by atoms with E-state index in [4.69, 9.17) is 0 Å². The predicted octanol–water partition coefficient (Wildman–Crippen LogP) is 1.34. The molecule has 110 valence electrons. The Morgan fingerprint density at radius 3 is 2.65 bits per heavy atom. The van der Waals surface area contributed by atoms with E-state index in [1.54, 1.807) is 12.1 Å². The van der Waals surface area contributed by atoms with E-state index < -0.39 is 9.84 Å². The van der Waals surface area contributed by atoms with Crippen molar-refractivity contribution in [1.29, 1.82) is 0 Å². The van der Waals surface area contributed by atoms with Gasteiger partial charge >= 0.3 is 0 Å². The lowest BCUT2D eigenvalue weighted by Crippen LogP contribution is -2.39. The van der Waals surface area contributed by atoms with Gasteiger partial charge in [-0.05, 0) is 43.5 Å². The molecular formula is C14H20N2O3S. The number of carbonyl (C=O) groups excluding carboxylic acids is 1. The van der Waals surface area contributed by atoms with Crippen LogP contribution in [0.2, 0.25) is 0 Å². The molecule has 1 aromatic rings. The summed E-state index contributed by atoms with van der Waals surface area (Å²) in [5.41, 5.74) is 1.40. The van der Waals surface area contributed by atoms with Crippen LogP contribution >= 0.6 is 0 Å². The van der Waals surface area contributed by atoms with Gasteiger partial charge in [0.05, 0.1) is 10.9 Å². The molecule has 0 aromatic heterocycles. The summed E-state index contributed by atoms with van der Waals surface area (Å²) in [4.78, 5) is 12.4. The molecule has 1 aliphatic heterocycles. The number of sulfone groups is 1. The van der Waals surface area contributed by atoms with Gasteiger partial charge in [-0.3, -0.25) is 4.79 Å². The SMILES string of the molecule is Cc1ccc(S(C)(=O)=O)cc1NC(=O)C1NCCC1C. The Morgan fingerprint density at radius 1 is 1.40 bits per heavy atom. The Kier molecular flexibility index (Phi) is 4.15. The summed E-state index contributed by atoms with van der Waals surface area (Å²) in [6.45, 7) is 4.71. The van der Waals surface area contributed by atoms with Gasteiger partial charge in [-0.1, -0.05) is 13.0 Å². The van der Waals surface area contributed by atoms with Crippen LogP contribution in [0.25, 0.3) is 0 Å². The van der Waals surface area contributed by atoms with Crippen molar-refractivity contribution in [3.8, 4) is 0 Å². The first-order valence-electron chi connectivity index (χ1n) is 6.64. The fourth-order valence-electron chi connectivity index (χ4n) is 2.36. The largest absolute Gasteiger partial charge is 0.324 e. The first-order valence-corrected chi connectivity index (χ1v) is 8.53. The smallest absolute Gasteiger partial charge is 0.241 e. The first kappa shape index (κ1) is 15.0. The van der Waals surface area contributed by atoms with Crippen LogP contribution in [0.5, 0.6) is 0 Å². The van der Waals surface area contributed by atoms with Crippen molar-refractivity contribution in [3.05, 3.63) is 23.8 Å². The molecule has 1 amide bonds. The number of benzene rings is 1. The van der Waals surface area contributed by atoms with E-state index in [2.05, 4.69) is 10.6 Å². The van der Waals surface area contributed by atoms with Gasteiger partial charge in [0, 0.05) is 11.9 Å². The second-order valence-electron chi connectivity index (χ2n) is 5.44. The molecule has 2 atom stereocenters. The Bertz CT molecular complexity index is 625. The maximum atomic E-state index is 12.2. The molecule has 20 heavy (non-hydrogen) atoms. The van der Waals surface area contributed by atoms with Crippen molar-refractivity contribution in [2.75, 3.05) is 18.1 Å². The van der Waals surface area contributed by atoms with Gasteiger partial charge < -0.3 is 10.6 Å². The quantitative estimate of drug-likeness (QED) is 0.882. The van der Waals surface area contributed by atoms with Crippen LogP contribution in [0.4, 0.5) is 5.69 Å². The second kappa shape index (κ2) is 5.54. The second-order valence-corrected chi connectivity index (χ2v) is 7.45. The Morgan fingerprint density at radius 2 is 2.10 bits per heavy atom. The lowest BCUT2D eigenvalue weighted by Gasteiger charge is -2.17. The Labute approximate surface area is 119 Å². The summed E-state index contributed by atoms with van der Waals surface area (Å²) >= 11 is 0. The molecule has 0 aliphatic carbocycles. The van der Waals surface area contributed by atoms with Gasteiger partial charge in [0.2, 0.25) is 5.91 Å². The van der Waals surface area contributed by atoms with E-state index in [0.29, 0.717) is 5.69 Å². The zero-order valence-corrected chi connectivity index (χ0v) is 12.8. The zero-order chi connectivity index (χ0) is 14.9. The van der Waals surface area contributed by atoms with Gasteiger partial charge in [-0.2, -0.15) is 0 Å². The summed E-state index contributed by atoms with van der Waals surface area (Å²) in [7, 11) is -3.27. The summed E-state index contributed by atoms with van der Waals surface area (Å²) in [6.07, 6.45) is 2.13. The monoisotopic (exact) mass is 296 g/mol. The van der Waals surface area contributed by atoms with E-state index in [9.17, 15) is 13.2 Å². The van der Waals surface area contributed by atoms with E-state index in [1.807, 2.05) is 13.8 Å². The third-order valence-corrected chi connectivity index (χ3v) is 4.82. The summed E-state index contributed by atoms with van der Waals surface area (Å²) in [6, 6.07) is 4.56. The minimum absolute atomic E-state index is 0.108. The van der Waals surface area contributed by atoms with Gasteiger partial charge in [-0.25, -0.2) is 8.42 Å². The average Bonchev–Trinajstić information content (AvgIpc) is 2.77. The van der Waals surface area contributed by atoms with E-state index in [-0.39, 0.29) is 22.8 Å². The van der Waals surface area contributed by atoms with Crippen LogP contribution < -0.4 is 10.6 Å². The van der Waals surface area contributed by atoms with Crippen LogP contribution in [0.15, 0.2) is 23.1 Å². The number of anilines is 1. The molecule has 2 rings (SSSR count). The highest BCUT2D eigenvalue weighted by Gasteiger charge is 2.29. The van der Waals surface area contributed by atoms with Gasteiger partial charge in [-0.15, -0.1) is 0 Å². The molecule has 0 bridgehead atoms. The first-order chi connectivity index (χ1) is 9.29. The lowest BCUT2D eigenvalue weighted by atomic mass is 10.0. The molecule has 1 fully saturated rings. The summed E-state index contributed by atoms with van der Waals surface area (Å²) < 4.78 is 23.1. The van der Waals surface area contributed by atoms with E-state index >= 15 is 0 Å². The third kappa shape index (κ3) is 3.19. The van der Waals surface area contributed by atoms with Crippen LogP contribution in [-0.2, 0) is 14.6 Å². The summed E-state index contributed by atoms with van der Waals surface area (Å²) in [5.74, 6) is 0.178. The molecule has 5 nitrogen and oxygen atoms in total. The van der Waals surface area contributed by atoms with Crippen LogP contribution in [0, 0.1) is 12.8 Å². The molecule has 2 N–H and O–H groups in total. The third-order valence-electron chi connectivity index (χ3n) is 3.71. The molecule has 2 unspecified atom stereocenters.